The van der Waals surface area contributed by atoms with Crippen LogP contribution in [0.25, 0.3) is 0 Å². The number of rotatable bonds is 3. The highest BCUT2D eigenvalue weighted by molar-refractivity contribution is 6.33. The molecule has 2 aromatic rings. The molecule has 1 aliphatic rings. The Morgan fingerprint density at radius 1 is 1.24 bits per heavy atom. The molecule has 1 heterocycles. The highest BCUT2D eigenvalue weighted by Crippen LogP contribution is 2.32. The molecule has 1 N–H and O–H groups in total. The average Bonchev–Trinajstić information content (AvgIpc) is 2.50. The molecule has 2 aromatic carbocycles. The molecule has 0 saturated carbocycles. The van der Waals surface area contributed by atoms with E-state index < -0.39 is 0 Å². The zero-order chi connectivity index (χ0) is 14.8. The quantitative estimate of drug-likeness (QED) is 0.860. The highest BCUT2D eigenvalue weighted by atomic mass is 35.5. The van der Waals surface area contributed by atoms with Crippen molar-refractivity contribution in [3.63, 3.8) is 0 Å². The minimum absolute atomic E-state index is 0.0419. The predicted molar refractivity (Wildman–Crippen MR) is 84.9 cm³/mol. The van der Waals surface area contributed by atoms with Crippen LogP contribution in [0.5, 0.6) is 5.75 Å². The van der Waals surface area contributed by atoms with Crippen LogP contribution in [0.2, 0.25) is 10.0 Å². The first kappa shape index (κ1) is 14.2. The molecular weight excluding hydrogens is 309 g/mol. The summed E-state index contributed by atoms with van der Waals surface area (Å²) in [5.41, 5.74) is 2.13. The summed E-state index contributed by atoms with van der Waals surface area (Å²) in [6, 6.07) is 10.6. The van der Waals surface area contributed by atoms with Gasteiger partial charge in [0.1, 0.15) is 6.61 Å². The number of carbonyl (C=O) groups is 1. The molecule has 108 valence electrons. The second kappa shape index (κ2) is 5.96. The molecule has 0 aromatic heterocycles. The first-order valence-electron chi connectivity index (χ1n) is 6.62. The average molecular weight is 322 g/mol. The summed E-state index contributed by atoms with van der Waals surface area (Å²) in [5.74, 6) is 0.576. The van der Waals surface area contributed by atoms with Crippen molar-refractivity contribution >= 4 is 34.7 Å². The van der Waals surface area contributed by atoms with Gasteiger partial charge in [-0.05, 0) is 35.9 Å². The summed E-state index contributed by atoms with van der Waals surface area (Å²) in [4.78, 5) is 12.5. The van der Waals surface area contributed by atoms with Crippen LogP contribution >= 0.6 is 23.2 Å². The van der Waals surface area contributed by atoms with Crippen LogP contribution in [-0.2, 0) is 6.42 Å². The fraction of sp³-hybridized carbons (Fsp3) is 0.188. The van der Waals surface area contributed by atoms with Gasteiger partial charge in [0.2, 0.25) is 0 Å². The lowest BCUT2D eigenvalue weighted by molar-refractivity contribution is 0.0989. The van der Waals surface area contributed by atoms with E-state index in [-0.39, 0.29) is 12.2 Å². The van der Waals surface area contributed by atoms with Crippen LogP contribution in [0, 0.1) is 0 Å². The number of benzene rings is 2. The molecule has 0 amide bonds. The van der Waals surface area contributed by atoms with Crippen LogP contribution in [0.15, 0.2) is 36.4 Å². The number of nitrogens with one attached hydrogen (secondary N) is 1. The molecule has 0 aliphatic carbocycles. The number of ether oxygens (including phenoxy) is 1. The largest absolute Gasteiger partial charge is 0.489 e. The smallest absolute Gasteiger partial charge is 0.171 e. The number of carbonyl (C=O) groups excluding carboxylic acids is 1. The van der Waals surface area contributed by atoms with Gasteiger partial charge in [-0.25, -0.2) is 0 Å². The third-order valence-electron chi connectivity index (χ3n) is 3.34. The Bertz CT molecular complexity index is 701. The molecule has 0 bridgehead atoms. The van der Waals surface area contributed by atoms with Crippen molar-refractivity contribution in [3.05, 3.63) is 57.6 Å². The van der Waals surface area contributed by atoms with Crippen molar-refractivity contribution in [2.75, 3.05) is 18.5 Å². The van der Waals surface area contributed by atoms with Gasteiger partial charge < -0.3 is 10.1 Å². The Morgan fingerprint density at radius 3 is 2.95 bits per heavy atom. The fourth-order valence-electron chi connectivity index (χ4n) is 2.34. The molecule has 0 atom stereocenters. The molecule has 0 fully saturated rings. The van der Waals surface area contributed by atoms with Crippen molar-refractivity contribution in [1.29, 1.82) is 0 Å². The number of ketones is 1. The summed E-state index contributed by atoms with van der Waals surface area (Å²) in [7, 11) is 0. The lowest BCUT2D eigenvalue weighted by atomic mass is 10.0. The van der Waals surface area contributed by atoms with Gasteiger partial charge in [0.05, 0.1) is 11.3 Å². The number of para-hydroxylation sites is 1. The number of hydrogen-bond acceptors (Lipinski definition) is 3. The second-order valence-corrected chi connectivity index (χ2v) is 5.64. The number of hydrogen-bond donors (Lipinski definition) is 1. The van der Waals surface area contributed by atoms with Crippen molar-refractivity contribution in [2.24, 2.45) is 0 Å². The molecule has 3 nitrogen and oxygen atoms in total. The number of Topliss-reactive ketones (excluding diaryl/α,β-unsaturated/α-hetero) is 1. The van der Waals surface area contributed by atoms with Crippen molar-refractivity contribution in [3.8, 4) is 5.75 Å². The first-order valence-corrected chi connectivity index (χ1v) is 7.37. The van der Waals surface area contributed by atoms with Crippen molar-refractivity contribution in [2.45, 2.75) is 6.42 Å². The topological polar surface area (TPSA) is 38.3 Å². The molecule has 0 unspecified atom stereocenters. The van der Waals surface area contributed by atoms with Crippen LogP contribution in [0.3, 0.4) is 0 Å². The zero-order valence-corrected chi connectivity index (χ0v) is 12.7. The van der Waals surface area contributed by atoms with Crippen molar-refractivity contribution < 1.29 is 9.53 Å². The minimum Gasteiger partial charge on any atom is -0.489 e. The van der Waals surface area contributed by atoms with E-state index in [2.05, 4.69) is 5.32 Å². The molecule has 0 radical (unpaired) electrons. The monoisotopic (exact) mass is 321 g/mol. The highest BCUT2D eigenvalue weighted by Gasteiger charge is 2.19. The molecule has 21 heavy (non-hydrogen) atoms. The van der Waals surface area contributed by atoms with Crippen LogP contribution in [0.4, 0.5) is 5.69 Å². The number of anilines is 1. The summed E-state index contributed by atoms with van der Waals surface area (Å²) in [6.07, 6.45) is 0.194. The van der Waals surface area contributed by atoms with E-state index >= 15 is 0 Å². The fourth-order valence-corrected chi connectivity index (χ4v) is 2.72. The minimum atomic E-state index is -0.0419. The van der Waals surface area contributed by atoms with Crippen LogP contribution < -0.4 is 10.1 Å². The predicted octanol–water partition coefficient (Wildman–Crippen LogP) is 4.22. The van der Waals surface area contributed by atoms with E-state index in [1.165, 1.54) is 0 Å². The Labute approximate surface area is 132 Å². The Morgan fingerprint density at radius 2 is 2.10 bits per heavy atom. The maximum Gasteiger partial charge on any atom is 0.171 e. The summed E-state index contributed by atoms with van der Waals surface area (Å²) in [5, 5.41) is 4.32. The summed E-state index contributed by atoms with van der Waals surface area (Å²) in [6.45, 7) is 1.29. The Balaban J connectivity index is 1.91. The molecule has 1 aliphatic heterocycles. The third kappa shape index (κ3) is 2.99. The summed E-state index contributed by atoms with van der Waals surface area (Å²) < 4.78 is 5.63. The molecule has 0 spiro atoms. The Kier molecular flexibility index (Phi) is 4.04. The molecule has 0 saturated heterocycles. The van der Waals surface area contributed by atoms with Gasteiger partial charge in [0.25, 0.3) is 0 Å². The molecule has 3 rings (SSSR count). The number of fused-ring (bicyclic) bond motifs is 1. The van der Waals surface area contributed by atoms with Gasteiger partial charge in [-0.2, -0.15) is 0 Å². The van der Waals surface area contributed by atoms with E-state index in [0.717, 1.165) is 17.8 Å². The van der Waals surface area contributed by atoms with Gasteiger partial charge in [-0.1, -0.05) is 29.3 Å². The number of halogens is 2. The zero-order valence-electron chi connectivity index (χ0n) is 11.2. The van der Waals surface area contributed by atoms with Gasteiger partial charge in [0.15, 0.2) is 11.5 Å². The van der Waals surface area contributed by atoms with E-state index in [1.54, 1.807) is 24.3 Å². The lowest BCUT2D eigenvalue weighted by Crippen LogP contribution is -2.20. The molecule has 5 heteroatoms. The maximum absolute atomic E-state index is 12.5. The van der Waals surface area contributed by atoms with Gasteiger partial charge >= 0.3 is 0 Å². The second-order valence-electron chi connectivity index (χ2n) is 4.79. The van der Waals surface area contributed by atoms with Crippen LogP contribution in [0.1, 0.15) is 15.9 Å². The van der Waals surface area contributed by atoms with Crippen LogP contribution in [-0.4, -0.2) is 18.9 Å². The van der Waals surface area contributed by atoms with E-state index in [4.69, 9.17) is 27.9 Å². The Hall–Kier alpha value is -1.71. The lowest BCUT2D eigenvalue weighted by Gasteiger charge is -2.21. The standard InChI is InChI=1S/C16H13Cl2NO2/c17-11-4-5-13(18)10(8-11)9-15(20)12-2-1-3-14-16(12)21-7-6-19-14/h1-5,8,19H,6-7,9H2. The third-order valence-corrected chi connectivity index (χ3v) is 3.94. The van der Waals surface area contributed by atoms with Gasteiger partial charge in [-0.15, -0.1) is 0 Å². The van der Waals surface area contributed by atoms with E-state index in [1.807, 2.05) is 12.1 Å². The van der Waals surface area contributed by atoms with E-state index in [0.29, 0.717) is 28.0 Å². The van der Waals surface area contributed by atoms with Gasteiger partial charge in [-0.3, -0.25) is 4.79 Å². The molecular formula is C16H13Cl2NO2. The normalized spacial score (nSPS) is 13.0. The van der Waals surface area contributed by atoms with E-state index in [9.17, 15) is 4.79 Å². The SMILES string of the molecule is O=C(Cc1cc(Cl)ccc1Cl)c1cccc2c1OCCN2. The summed E-state index contributed by atoms with van der Waals surface area (Å²) >= 11 is 12.1. The van der Waals surface area contributed by atoms with Crippen molar-refractivity contribution in [1.82, 2.24) is 0 Å². The maximum atomic E-state index is 12.5. The van der Waals surface area contributed by atoms with Gasteiger partial charge in [0, 0.05) is 23.0 Å². The first-order chi connectivity index (χ1) is 10.1.